The van der Waals surface area contributed by atoms with Gasteiger partial charge in [-0.25, -0.2) is 9.59 Å². The number of methoxy groups -OCH3 is 3. The lowest BCUT2D eigenvalue weighted by Gasteiger charge is -2.53. The Bertz CT molecular complexity index is 791. The second-order valence-electron chi connectivity index (χ2n) is 7.16. The van der Waals surface area contributed by atoms with Crippen LogP contribution in [-0.2, 0) is 33.2 Å². The van der Waals surface area contributed by atoms with Crippen molar-refractivity contribution in [3.05, 3.63) is 47.5 Å². The number of carbonyl (C=O) groups is 2. The first-order valence-corrected chi connectivity index (χ1v) is 9.28. The van der Waals surface area contributed by atoms with Crippen LogP contribution in [0.25, 0.3) is 0 Å². The second kappa shape index (κ2) is 8.23. The highest BCUT2D eigenvalue weighted by atomic mass is 16.8. The monoisotopic (exact) mass is 406 g/mol. The van der Waals surface area contributed by atoms with E-state index in [2.05, 4.69) is 0 Å². The number of benzene rings is 1. The third-order valence-electron chi connectivity index (χ3n) is 5.52. The van der Waals surface area contributed by atoms with Gasteiger partial charge in [0.25, 0.3) is 0 Å². The molecule has 1 aliphatic heterocycles. The van der Waals surface area contributed by atoms with Crippen molar-refractivity contribution >= 4 is 11.9 Å². The number of hydrogen-bond donors (Lipinski definition) is 0. The van der Waals surface area contributed by atoms with Crippen molar-refractivity contribution in [2.24, 2.45) is 0 Å². The van der Waals surface area contributed by atoms with Crippen LogP contribution in [0.3, 0.4) is 0 Å². The van der Waals surface area contributed by atoms with Gasteiger partial charge in [-0.15, -0.1) is 0 Å². The normalized spacial score (nSPS) is 34.0. The molecule has 3 rings (SSSR count). The molecule has 5 atom stereocenters. The number of fused-ring (bicyclic) bond motifs is 1. The van der Waals surface area contributed by atoms with E-state index >= 15 is 0 Å². The standard InChI is InChI=1S/C21H26O8/c1-20(25-4)21(2,26-5)29-17-15(27-19(23)13-9-7-6-8-10-13)11-14(18(22)24-3)12-16(17)28-20/h6-11,15-17H,12H2,1-5H3/t15-,16-,17-,20+,21+/m1/s1. The SMILES string of the molecule is COC(=O)C1=C[C@@H](OC(=O)c2ccccc2)[C@H]2O[C@](C)(OC)[C@@](C)(OC)O[C@@H]2C1. The van der Waals surface area contributed by atoms with E-state index in [1.807, 2.05) is 0 Å². The highest BCUT2D eigenvalue weighted by Gasteiger charge is 2.59. The van der Waals surface area contributed by atoms with Crippen LogP contribution in [0, 0.1) is 0 Å². The minimum Gasteiger partial charge on any atom is -0.466 e. The van der Waals surface area contributed by atoms with Crippen molar-refractivity contribution in [3.63, 3.8) is 0 Å². The number of ether oxygens (including phenoxy) is 6. The fraction of sp³-hybridized carbons (Fsp3) is 0.524. The highest BCUT2D eigenvalue weighted by molar-refractivity contribution is 5.90. The van der Waals surface area contributed by atoms with Crippen molar-refractivity contribution in [2.75, 3.05) is 21.3 Å². The molecule has 0 saturated carbocycles. The minimum absolute atomic E-state index is 0.218. The van der Waals surface area contributed by atoms with Gasteiger partial charge in [-0.1, -0.05) is 18.2 Å². The number of carbonyl (C=O) groups excluding carboxylic acids is 2. The quantitative estimate of drug-likeness (QED) is 0.688. The van der Waals surface area contributed by atoms with Gasteiger partial charge in [0.15, 0.2) is 0 Å². The topological polar surface area (TPSA) is 89.5 Å². The van der Waals surface area contributed by atoms with Gasteiger partial charge in [0.1, 0.15) is 12.2 Å². The fourth-order valence-electron chi connectivity index (χ4n) is 3.54. The summed E-state index contributed by atoms with van der Waals surface area (Å²) in [5.41, 5.74) is 0.721. The molecule has 1 fully saturated rings. The maximum absolute atomic E-state index is 12.6. The van der Waals surface area contributed by atoms with E-state index in [0.29, 0.717) is 11.1 Å². The maximum atomic E-state index is 12.6. The Hall–Kier alpha value is -2.26. The summed E-state index contributed by atoms with van der Waals surface area (Å²) in [5.74, 6) is -3.57. The summed E-state index contributed by atoms with van der Waals surface area (Å²) < 4.78 is 34.0. The number of esters is 2. The zero-order valence-corrected chi connectivity index (χ0v) is 17.2. The Morgan fingerprint density at radius 2 is 1.59 bits per heavy atom. The van der Waals surface area contributed by atoms with Gasteiger partial charge in [-0.3, -0.25) is 0 Å². The average Bonchev–Trinajstić information content (AvgIpc) is 2.74. The smallest absolute Gasteiger partial charge is 0.338 e. The van der Waals surface area contributed by atoms with Crippen LogP contribution in [0.2, 0.25) is 0 Å². The molecule has 2 aliphatic rings. The summed E-state index contributed by atoms with van der Waals surface area (Å²) in [6, 6.07) is 8.57. The molecule has 1 aromatic carbocycles. The van der Waals surface area contributed by atoms with Gasteiger partial charge in [0.2, 0.25) is 11.6 Å². The van der Waals surface area contributed by atoms with E-state index in [4.69, 9.17) is 28.4 Å². The van der Waals surface area contributed by atoms with Crippen LogP contribution in [0.1, 0.15) is 30.6 Å². The summed E-state index contributed by atoms with van der Waals surface area (Å²) in [6.07, 6.45) is -0.440. The number of hydrogen-bond acceptors (Lipinski definition) is 8. The predicted molar refractivity (Wildman–Crippen MR) is 101 cm³/mol. The molecule has 0 N–H and O–H groups in total. The molecular weight excluding hydrogens is 380 g/mol. The largest absolute Gasteiger partial charge is 0.466 e. The Morgan fingerprint density at radius 3 is 2.17 bits per heavy atom. The van der Waals surface area contributed by atoms with Crippen molar-refractivity contribution in [2.45, 2.75) is 50.2 Å². The Labute approximate surface area is 169 Å². The van der Waals surface area contributed by atoms with Gasteiger partial charge in [-0.05, 0) is 32.1 Å². The molecule has 0 unspecified atom stereocenters. The summed E-state index contributed by atoms with van der Waals surface area (Å²) >= 11 is 0. The molecule has 29 heavy (non-hydrogen) atoms. The predicted octanol–water partition coefficient (Wildman–Crippen LogP) is 2.22. The fourth-order valence-corrected chi connectivity index (χ4v) is 3.54. The zero-order valence-electron chi connectivity index (χ0n) is 17.2. The summed E-state index contributed by atoms with van der Waals surface area (Å²) in [4.78, 5) is 24.8. The van der Waals surface area contributed by atoms with Crippen LogP contribution in [0.15, 0.2) is 42.0 Å². The van der Waals surface area contributed by atoms with Gasteiger partial charge < -0.3 is 28.4 Å². The molecule has 1 aromatic rings. The van der Waals surface area contributed by atoms with E-state index < -0.39 is 41.8 Å². The van der Waals surface area contributed by atoms with Gasteiger partial charge in [0.05, 0.1) is 18.8 Å². The summed E-state index contributed by atoms with van der Waals surface area (Å²) in [7, 11) is 4.25. The first-order valence-electron chi connectivity index (χ1n) is 9.28. The lowest BCUT2D eigenvalue weighted by molar-refractivity contribution is -0.452. The van der Waals surface area contributed by atoms with Crippen molar-refractivity contribution < 1.29 is 38.0 Å². The van der Waals surface area contributed by atoms with Crippen LogP contribution in [-0.4, -0.2) is 63.2 Å². The van der Waals surface area contributed by atoms with Gasteiger partial charge >= 0.3 is 11.9 Å². The van der Waals surface area contributed by atoms with Crippen LogP contribution < -0.4 is 0 Å². The van der Waals surface area contributed by atoms with Crippen molar-refractivity contribution in [3.8, 4) is 0 Å². The molecule has 8 heteroatoms. The minimum atomic E-state index is -1.27. The second-order valence-corrected chi connectivity index (χ2v) is 7.16. The maximum Gasteiger partial charge on any atom is 0.338 e. The molecule has 1 saturated heterocycles. The third-order valence-corrected chi connectivity index (χ3v) is 5.52. The Kier molecular flexibility index (Phi) is 6.09. The van der Waals surface area contributed by atoms with Crippen LogP contribution in [0.4, 0.5) is 0 Å². The molecule has 0 spiro atoms. The van der Waals surface area contributed by atoms with Crippen LogP contribution in [0.5, 0.6) is 0 Å². The van der Waals surface area contributed by atoms with Gasteiger partial charge in [0, 0.05) is 26.2 Å². The lowest BCUT2D eigenvalue weighted by Crippen LogP contribution is -2.68. The molecule has 0 bridgehead atoms. The van der Waals surface area contributed by atoms with E-state index in [9.17, 15) is 9.59 Å². The summed E-state index contributed by atoms with van der Waals surface area (Å²) in [6.45, 7) is 3.37. The van der Waals surface area contributed by atoms with E-state index in [1.54, 1.807) is 50.3 Å². The molecular formula is C21H26O8. The van der Waals surface area contributed by atoms with E-state index in [0.717, 1.165) is 0 Å². The molecule has 1 heterocycles. The summed E-state index contributed by atoms with van der Waals surface area (Å²) in [5, 5.41) is 0. The molecule has 0 aromatic heterocycles. The Morgan fingerprint density at radius 1 is 0.966 bits per heavy atom. The van der Waals surface area contributed by atoms with Gasteiger partial charge in [-0.2, -0.15) is 0 Å². The molecule has 0 amide bonds. The Balaban J connectivity index is 1.94. The molecule has 1 aliphatic carbocycles. The third kappa shape index (κ3) is 3.93. The van der Waals surface area contributed by atoms with Crippen LogP contribution >= 0.6 is 0 Å². The first-order chi connectivity index (χ1) is 13.8. The highest BCUT2D eigenvalue weighted by Crippen LogP contribution is 2.43. The average molecular weight is 406 g/mol. The van der Waals surface area contributed by atoms with E-state index in [-0.39, 0.29) is 6.42 Å². The number of rotatable bonds is 5. The first kappa shape index (κ1) is 21.4. The molecule has 158 valence electrons. The van der Waals surface area contributed by atoms with Crippen molar-refractivity contribution in [1.82, 2.24) is 0 Å². The van der Waals surface area contributed by atoms with Crippen molar-refractivity contribution in [1.29, 1.82) is 0 Å². The molecule has 0 radical (unpaired) electrons. The van der Waals surface area contributed by atoms with E-state index in [1.165, 1.54) is 21.3 Å². The zero-order chi connectivity index (χ0) is 21.2. The molecule has 8 nitrogen and oxygen atoms in total. The lowest BCUT2D eigenvalue weighted by atomic mass is 9.89.